The maximum absolute atomic E-state index is 12.5. The van der Waals surface area contributed by atoms with Crippen LogP contribution in [-0.2, 0) is 12.6 Å². The number of alkyl halides is 4. The second-order valence-corrected chi connectivity index (χ2v) is 5.96. The van der Waals surface area contributed by atoms with Crippen molar-refractivity contribution >= 4 is 27.5 Å². The van der Waals surface area contributed by atoms with Gasteiger partial charge in [0.25, 0.3) is 0 Å². The molecule has 0 N–H and O–H groups in total. The molecular weight excluding hydrogens is 353 g/mol. The fraction of sp³-hybridized carbons (Fsp3) is 0.200. The van der Waals surface area contributed by atoms with E-state index in [1.165, 1.54) is 12.1 Å². The molecule has 2 aromatic rings. The molecule has 2 aromatic carbocycles. The highest BCUT2D eigenvalue weighted by molar-refractivity contribution is 9.09. The largest absolute Gasteiger partial charge is 0.416 e. The zero-order valence-corrected chi connectivity index (χ0v) is 12.6. The van der Waals surface area contributed by atoms with Gasteiger partial charge in [-0.25, -0.2) is 0 Å². The van der Waals surface area contributed by atoms with Crippen LogP contribution in [0.1, 0.15) is 21.5 Å². The minimum atomic E-state index is -4.29. The average Bonchev–Trinajstić information content (AvgIpc) is 2.39. The molecule has 0 heterocycles. The summed E-state index contributed by atoms with van der Waals surface area (Å²) < 4.78 is 37.4. The van der Waals surface area contributed by atoms with E-state index in [9.17, 15) is 13.2 Å². The van der Waals surface area contributed by atoms with Crippen LogP contribution < -0.4 is 0 Å². The first-order valence-corrected chi connectivity index (χ1v) is 7.21. The van der Waals surface area contributed by atoms with Gasteiger partial charge < -0.3 is 0 Å². The quantitative estimate of drug-likeness (QED) is 0.583. The summed E-state index contributed by atoms with van der Waals surface area (Å²) in [5.41, 5.74) is 1.25. The van der Waals surface area contributed by atoms with Crippen LogP contribution in [0.5, 0.6) is 0 Å². The Kier molecular flexibility index (Phi) is 4.76. The lowest BCUT2D eigenvalue weighted by molar-refractivity contribution is -0.137. The Labute approximate surface area is 128 Å². The van der Waals surface area contributed by atoms with Crippen LogP contribution in [0.25, 0.3) is 0 Å². The van der Waals surface area contributed by atoms with Crippen molar-refractivity contribution in [1.82, 2.24) is 0 Å². The van der Waals surface area contributed by atoms with Gasteiger partial charge in [-0.3, -0.25) is 0 Å². The Balaban J connectivity index is 2.08. The lowest BCUT2D eigenvalue weighted by Crippen LogP contribution is -2.04. The number of hydrogen-bond acceptors (Lipinski definition) is 0. The third kappa shape index (κ3) is 4.00. The molecule has 0 nitrogen and oxygen atoms in total. The lowest BCUT2D eigenvalue weighted by Gasteiger charge is -2.12. The summed E-state index contributed by atoms with van der Waals surface area (Å²) in [6.07, 6.45) is -3.68. The smallest absolute Gasteiger partial charge is 0.166 e. The van der Waals surface area contributed by atoms with Crippen molar-refractivity contribution in [2.24, 2.45) is 0 Å². The molecule has 0 spiro atoms. The standard InChI is InChI=1S/C15H11BrClF3/c16-14(11-3-7-13(17)8-4-11)9-10-1-5-12(6-2-10)15(18,19)20/h1-8,14H,9H2. The SMILES string of the molecule is FC(F)(F)c1ccc(CC(Br)c2ccc(Cl)cc2)cc1. The van der Waals surface area contributed by atoms with E-state index < -0.39 is 11.7 Å². The predicted octanol–water partition coefficient (Wildman–Crippen LogP) is 6.04. The van der Waals surface area contributed by atoms with Gasteiger partial charge in [0.1, 0.15) is 0 Å². The van der Waals surface area contributed by atoms with Gasteiger partial charge in [-0.2, -0.15) is 13.2 Å². The number of rotatable bonds is 3. The van der Waals surface area contributed by atoms with Gasteiger partial charge in [0.15, 0.2) is 0 Å². The molecule has 0 amide bonds. The first-order chi connectivity index (χ1) is 9.36. The van der Waals surface area contributed by atoms with Crippen LogP contribution >= 0.6 is 27.5 Å². The van der Waals surface area contributed by atoms with Crippen molar-refractivity contribution in [3.05, 3.63) is 70.2 Å². The van der Waals surface area contributed by atoms with Crippen LogP contribution in [0, 0.1) is 0 Å². The zero-order valence-electron chi connectivity index (χ0n) is 10.3. The monoisotopic (exact) mass is 362 g/mol. The van der Waals surface area contributed by atoms with Crippen LogP contribution in [0.3, 0.4) is 0 Å². The minimum absolute atomic E-state index is 0.0384. The lowest BCUT2D eigenvalue weighted by atomic mass is 10.0. The average molecular weight is 364 g/mol. The van der Waals surface area contributed by atoms with Gasteiger partial charge in [0, 0.05) is 9.85 Å². The van der Waals surface area contributed by atoms with Gasteiger partial charge in [0.2, 0.25) is 0 Å². The summed E-state index contributed by atoms with van der Waals surface area (Å²) in [5, 5.41) is 0.656. The molecule has 0 saturated carbocycles. The third-order valence-corrected chi connectivity index (χ3v) is 4.03. The van der Waals surface area contributed by atoms with E-state index in [1.54, 1.807) is 12.1 Å². The Morgan fingerprint density at radius 1 is 0.950 bits per heavy atom. The summed E-state index contributed by atoms with van der Waals surface area (Å²) in [6.45, 7) is 0. The molecule has 0 aliphatic rings. The molecule has 0 bridgehead atoms. The zero-order chi connectivity index (χ0) is 14.8. The minimum Gasteiger partial charge on any atom is -0.166 e. The summed E-state index contributed by atoms with van der Waals surface area (Å²) in [5.74, 6) is 0. The van der Waals surface area contributed by atoms with E-state index in [0.717, 1.165) is 23.3 Å². The molecule has 1 unspecified atom stereocenters. The Morgan fingerprint density at radius 3 is 2.00 bits per heavy atom. The maximum atomic E-state index is 12.5. The van der Waals surface area contributed by atoms with Gasteiger partial charge in [-0.05, 0) is 41.8 Å². The topological polar surface area (TPSA) is 0 Å². The molecule has 5 heteroatoms. The molecule has 0 aliphatic carbocycles. The number of benzene rings is 2. The Morgan fingerprint density at radius 2 is 1.50 bits per heavy atom. The van der Waals surface area contributed by atoms with Gasteiger partial charge >= 0.3 is 6.18 Å². The van der Waals surface area contributed by atoms with E-state index in [1.807, 2.05) is 12.1 Å². The molecule has 0 fully saturated rings. The molecule has 0 radical (unpaired) electrons. The molecule has 1 atom stereocenters. The highest BCUT2D eigenvalue weighted by atomic mass is 79.9. The fourth-order valence-electron chi connectivity index (χ4n) is 1.83. The molecule has 0 saturated heterocycles. The number of hydrogen-bond donors (Lipinski definition) is 0. The van der Waals surface area contributed by atoms with Crippen LogP contribution in [0.2, 0.25) is 5.02 Å². The number of halogens is 5. The fourth-order valence-corrected chi connectivity index (χ4v) is 2.63. The van der Waals surface area contributed by atoms with E-state index in [4.69, 9.17) is 11.6 Å². The van der Waals surface area contributed by atoms with E-state index in [2.05, 4.69) is 15.9 Å². The highest BCUT2D eigenvalue weighted by Gasteiger charge is 2.29. The van der Waals surface area contributed by atoms with Crippen molar-refractivity contribution in [2.45, 2.75) is 17.4 Å². The summed E-state index contributed by atoms with van der Waals surface area (Å²) >= 11 is 9.35. The van der Waals surface area contributed by atoms with Gasteiger partial charge in [-0.1, -0.05) is 51.8 Å². The summed E-state index contributed by atoms with van der Waals surface area (Å²) in [4.78, 5) is 0.0384. The van der Waals surface area contributed by atoms with E-state index in [0.29, 0.717) is 11.4 Å². The summed E-state index contributed by atoms with van der Waals surface area (Å²) in [7, 11) is 0. The molecular formula is C15H11BrClF3. The Bertz CT molecular complexity index is 561. The Hall–Kier alpha value is -1.00. The molecule has 20 heavy (non-hydrogen) atoms. The molecule has 106 valence electrons. The van der Waals surface area contributed by atoms with Gasteiger partial charge in [-0.15, -0.1) is 0 Å². The second-order valence-electron chi connectivity index (χ2n) is 4.42. The first kappa shape index (κ1) is 15.4. The molecule has 0 aromatic heterocycles. The predicted molar refractivity (Wildman–Crippen MR) is 78.3 cm³/mol. The normalized spacial score (nSPS) is 13.2. The van der Waals surface area contributed by atoms with Crippen LogP contribution in [0.15, 0.2) is 48.5 Å². The van der Waals surface area contributed by atoms with Crippen molar-refractivity contribution < 1.29 is 13.2 Å². The van der Waals surface area contributed by atoms with Crippen molar-refractivity contribution in [3.63, 3.8) is 0 Å². The van der Waals surface area contributed by atoms with Crippen LogP contribution in [-0.4, -0.2) is 0 Å². The van der Waals surface area contributed by atoms with Gasteiger partial charge in [0.05, 0.1) is 5.56 Å². The van der Waals surface area contributed by atoms with Crippen molar-refractivity contribution in [3.8, 4) is 0 Å². The van der Waals surface area contributed by atoms with Crippen LogP contribution in [0.4, 0.5) is 13.2 Å². The van der Waals surface area contributed by atoms with Crippen molar-refractivity contribution in [1.29, 1.82) is 0 Å². The molecule has 2 rings (SSSR count). The highest BCUT2D eigenvalue weighted by Crippen LogP contribution is 2.31. The third-order valence-electron chi connectivity index (χ3n) is 2.93. The first-order valence-electron chi connectivity index (χ1n) is 5.92. The maximum Gasteiger partial charge on any atom is 0.416 e. The second kappa shape index (κ2) is 6.19. The van der Waals surface area contributed by atoms with E-state index in [-0.39, 0.29) is 4.83 Å². The van der Waals surface area contributed by atoms with E-state index >= 15 is 0 Å². The molecule has 0 aliphatic heterocycles. The summed E-state index contributed by atoms with van der Waals surface area (Å²) in [6, 6.07) is 12.6. The van der Waals surface area contributed by atoms with Crippen molar-refractivity contribution in [2.75, 3.05) is 0 Å².